The Bertz CT molecular complexity index is 373. The lowest BCUT2D eigenvalue weighted by Crippen LogP contribution is -2.38. The van der Waals surface area contributed by atoms with E-state index in [-0.39, 0.29) is 18.6 Å². The van der Waals surface area contributed by atoms with Gasteiger partial charge in [0, 0.05) is 18.2 Å². The van der Waals surface area contributed by atoms with Crippen molar-refractivity contribution in [3.05, 3.63) is 29.8 Å². The van der Waals surface area contributed by atoms with Gasteiger partial charge >= 0.3 is 0 Å². The van der Waals surface area contributed by atoms with Gasteiger partial charge in [0.15, 0.2) is 0 Å². The lowest BCUT2D eigenvalue weighted by atomic mass is 10.1. The molecule has 1 rings (SSSR count). The number of amides is 1. The smallest absolute Gasteiger partial charge is 0.254 e. The highest BCUT2D eigenvalue weighted by molar-refractivity contribution is 5.94. The van der Waals surface area contributed by atoms with Gasteiger partial charge in [-0.1, -0.05) is 0 Å². The molecule has 1 N–H and O–H groups in total. The molecule has 0 aromatic heterocycles. The van der Waals surface area contributed by atoms with Crippen LogP contribution in [0.5, 0.6) is 5.75 Å². The van der Waals surface area contributed by atoms with Crippen molar-refractivity contribution in [1.29, 1.82) is 0 Å². The first kappa shape index (κ1) is 14.5. The molecule has 0 spiro atoms. The minimum atomic E-state index is -0.0675. The number of rotatable bonds is 6. The summed E-state index contributed by atoms with van der Waals surface area (Å²) < 4.78 is 5.33. The molecule has 4 nitrogen and oxygen atoms in total. The van der Waals surface area contributed by atoms with Crippen molar-refractivity contribution in [2.45, 2.75) is 26.8 Å². The van der Waals surface area contributed by atoms with Gasteiger partial charge in [0.05, 0.1) is 13.2 Å². The summed E-state index contributed by atoms with van der Waals surface area (Å²) >= 11 is 0. The Morgan fingerprint density at radius 1 is 1.33 bits per heavy atom. The highest BCUT2D eigenvalue weighted by Crippen LogP contribution is 2.14. The third kappa shape index (κ3) is 3.74. The molecule has 0 aliphatic rings. The molecule has 0 heterocycles. The average molecular weight is 251 g/mol. The monoisotopic (exact) mass is 251 g/mol. The molecule has 1 amide bonds. The van der Waals surface area contributed by atoms with Gasteiger partial charge in [-0.25, -0.2) is 0 Å². The van der Waals surface area contributed by atoms with Gasteiger partial charge in [0.1, 0.15) is 5.75 Å². The Morgan fingerprint density at radius 2 is 1.94 bits per heavy atom. The van der Waals surface area contributed by atoms with Crippen LogP contribution in [0.2, 0.25) is 0 Å². The van der Waals surface area contributed by atoms with Crippen LogP contribution in [0.3, 0.4) is 0 Å². The SMILES string of the molecule is CCOc1ccc(C(=O)N(CCO)C(C)C)cc1. The molecule has 0 aliphatic carbocycles. The zero-order valence-corrected chi connectivity index (χ0v) is 11.2. The van der Waals surface area contributed by atoms with Crippen molar-refractivity contribution in [3.63, 3.8) is 0 Å². The summed E-state index contributed by atoms with van der Waals surface area (Å²) in [5, 5.41) is 8.98. The Kier molecular flexibility index (Phi) is 5.65. The highest BCUT2D eigenvalue weighted by atomic mass is 16.5. The Labute approximate surface area is 108 Å². The van der Waals surface area contributed by atoms with Crippen LogP contribution in [-0.2, 0) is 0 Å². The topological polar surface area (TPSA) is 49.8 Å². The number of aliphatic hydroxyl groups is 1. The summed E-state index contributed by atoms with van der Waals surface area (Å²) in [5.74, 6) is 0.689. The molecular weight excluding hydrogens is 230 g/mol. The summed E-state index contributed by atoms with van der Waals surface area (Å²) in [6, 6.07) is 7.14. The fourth-order valence-corrected chi connectivity index (χ4v) is 1.73. The van der Waals surface area contributed by atoms with Crippen LogP contribution >= 0.6 is 0 Å². The van der Waals surface area contributed by atoms with Crippen molar-refractivity contribution in [1.82, 2.24) is 4.90 Å². The molecule has 0 unspecified atom stereocenters. The maximum Gasteiger partial charge on any atom is 0.254 e. The molecule has 4 heteroatoms. The fraction of sp³-hybridized carbons (Fsp3) is 0.500. The molecule has 18 heavy (non-hydrogen) atoms. The second-order valence-electron chi connectivity index (χ2n) is 4.27. The van der Waals surface area contributed by atoms with Crippen molar-refractivity contribution < 1.29 is 14.6 Å². The van der Waals surface area contributed by atoms with E-state index in [0.29, 0.717) is 18.7 Å². The number of ether oxygens (including phenoxy) is 1. The summed E-state index contributed by atoms with van der Waals surface area (Å²) in [6.07, 6.45) is 0. The van der Waals surface area contributed by atoms with E-state index in [2.05, 4.69) is 0 Å². The van der Waals surface area contributed by atoms with Gasteiger partial charge in [-0.3, -0.25) is 4.79 Å². The van der Waals surface area contributed by atoms with Gasteiger partial charge < -0.3 is 14.7 Å². The number of carbonyl (C=O) groups excluding carboxylic acids is 1. The van der Waals surface area contributed by atoms with Gasteiger partial charge in [-0.2, -0.15) is 0 Å². The number of carbonyl (C=O) groups is 1. The van der Waals surface area contributed by atoms with Crippen molar-refractivity contribution >= 4 is 5.91 Å². The van der Waals surface area contributed by atoms with E-state index in [0.717, 1.165) is 5.75 Å². The van der Waals surface area contributed by atoms with Gasteiger partial charge in [-0.05, 0) is 45.0 Å². The molecule has 0 saturated carbocycles. The number of hydrogen-bond acceptors (Lipinski definition) is 3. The lowest BCUT2D eigenvalue weighted by molar-refractivity contribution is 0.0665. The Morgan fingerprint density at radius 3 is 2.39 bits per heavy atom. The van der Waals surface area contributed by atoms with Gasteiger partial charge in [-0.15, -0.1) is 0 Å². The minimum absolute atomic E-state index is 0.0268. The summed E-state index contributed by atoms with van der Waals surface area (Å²) in [7, 11) is 0. The van der Waals surface area contributed by atoms with Crippen LogP contribution < -0.4 is 4.74 Å². The predicted octanol–water partition coefficient (Wildman–Crippen LogP) is 1.93. The number of nitrogens with zero attached hydrogens (tertiary/aromatic N) is 1. The maximum absolute atomic E-state index is 12.2. The first-order valence-corrected chi connectivity index (χ1v) is 6.24. The Hall–Kier alpha value is -1.55. The summed E-state index contributed by atoms with van der Waals surface area (Å²) in [5.41, 5.74) is 0.612. The summed E-state index contributed by atoms with van der Waals surface area (Å²) in [6.45, 7) is 6.71. The quantitative estimate of drug-likeness (QED) is 0.840. The van der Waals surface area contributed by atoms with Crippen molar-refractivity contribution in [2.75, 3.05) is 19.8 Å². The molecule has 0 radical (unpaired) electrons. The molecule has 1 aromatic carbocycles. The van der Waals surface area contributed by atoms with E-state index in [1.54, 1.807) is 29.2 Å². The first-order chi connectivity index (χ1) is 8.60. The van der Waals surface area contributed by atoms with E-state index in [1.165, 1.54) is 0 Å². The molecule has 0 aliphatic heterocycles. The van der Waals surface area contributed by atoms with Crippen LogP contribution in [-0.4, -0.2) is 41.7 Å². The van der Waals surface area contributed by atoms with E-state index in [4.69, 9.17) is 9.84 Å². The second kappa shape index (κ2) is 7.01. The third-order valence-electron chi connectivity index (χ3n) is 2.64. The number of aliphatic hydroxyl groups excluding tert-OH is 1. The zero-order valence-electron chi connectivity index (χ0n) is 11.2. The van der Waals surface area contributed by atoms with E-state index < -0.39 is 0 Å². The molecule has 100 valence electrons. The third-order valence-corrected chi connectivity index (χ3v) is 2.64. The van der Waals surface area contributed by atoms with Crippen LogP contribution in [0.25, 0.3) is 0 Å². The molecule has 1 aromatic rings. The fourth-order valence-electron chi connectivity index (χ4n) is 1.73. The standard InChI is InChI=1S/C14H21NO3/c1-4-18-13-7-5-12(6-8-13)14(17)15(9-10-16)11(2)3/h5-8,11,16H,4,9-10H2,1-3H3. The van der Waals surface area contributed by atoms with E-state index in [1.807, 2.05) is 20.8 Å². The van der Waals surface area contributed by atoms with Crippen molar-refractivity contribution in [2.24, 2.45) is 0 Å². The second-order valence-corrected chi connectivity index (χ2v) is 4.27. The van der Waals surface area contributed by atoms with Gasteiger partial charge in [0.25, 0.3) is 5.91 Å². The van der Waals surface area contributed by atoms with Crippen LogP contribution in [0, 0.1) is 0 Å². The highest BCUT2D eigenvalue weighted by Gasteiger charge is 2.17. The molecule has 0 fully saturated rings. The molecule has 0 bridgehead atoms. The normalized spacial score (nSPS) is 10.5. The summed E-state index contributed by atoms with van der Waals surface area (Å²) in [4.78, 5) is 13.9. The molecule has 0 atom stereocenters. The van der Waals surface area contributed by atoms with Gasteiger partial charge in [0.2, 0.25) is 0 Å². The average Bonchev–Trinajstić information content (AvgIpc) is 2.36. The molecule has 0 saturated heterocycles. The van der Waals surface area contributed by atoms with Crippen LogP contribution in [0.15, 0.2) is 24.3 Å². The first-order valence-electron chi connectivity index (χ1n) is 6.24. The molecular formula is C14H21NO3. The maximum atomic E-state index is 12.2. The van der Waals surface area contributed by atoms with E-state index in [9.17, 15) is 4.79 Å². The largest absolute Gasteiger partial charge is 0.494 e. The van der Waals surface area contributed by atoms with Crippen LogP contribution in [0.1, 0.15) is 31.1 Å². The minimum Gasteiger partial charge on any atom is -0.494 e. The predicted molar refractivity (Wildman–Crippen MR) is 70.9 cm³/mol. The Balaban J connectivity index is 2.81. The number of benzene rings is 1. The van der Waals surface area contributed by atoms with E-state index >= 15 is 0 Å². The van der Waals surface area contributed by atoms with Crippen LogP contribution in [0.4, 0.5) is 0 Å². The number of hydrogen-bond donors (Lipinski definition) is 1. The van der Waals surface area contributed by atoms with Crippen molar-refractivity contribution in [3.8, 4) is 5.75 Å². The lowest BCUT2D eigenvalue weighted by Gasteiger charge is -2.26. The zero-order chi connectivity index (χ0) is 13.5.